The van der Waals surface area contributed by atoms with Crippen molar-refractivity contribution in [2.24, 2.45) is 0 Å². The Bertz CT molecular complexity index is 167. The first-order valence-corrected chi connectivity index (χ1v) is 5.16. The molecule has 0 aromatic carbocycles. The number of hydrogen-bond donors (Lipinski definition) is 0. The summed E-state index contributed by atoms with van der Waals surface area (Å²) < 4.78 is 0. The molecule has 0 unspecified atom stereocenters. The van der Waals surface area contributed by atoms with Gasteiger partial charge < -0.3 is 0 Å². The third kappa shape index (κ3) is 6.89. The van der Waals surface area contributed by atoms with E-state index in [9.17, 15) is 0 Å². The van der Waals surface area contributed by atoms with Gasteiger partial charge in [0.2, 0.25) is 0 Å². The van der Waals surface area contributed by atoms with Gasteiger partial charge in [-0.2, -0.15) is 0 Å². The van der Waals surface area contributed by atoms with Crippen molar-refractivity contribution >= 4 is 0 Å². The molecule has 0 aromatic rings. The SMILES string of the molecule is C=CCN(CC=C)CN(CC=C)CC=C. The van der Waals surface area contributed by atoms with E-state index in [0.29, 0.717) is 0 Å². The zero-order valence-electron chi connectivity index (χ0n) is 9.57. The first-order chi connectivity index (χ1) is 7.28. The van der Waals surface area contributed by atoms with Crippen LogP contribution in [0.4, 0.5) is 0 Å². The van der Waals surface area contributed by atoms with E-state index >= 15 is 0 Å². The Labute approximate surface area is 93.9 Å². The number of nitrogens with zero attached hydrogens (tertiary/aromatic N) is 2. The van der Waals surface area contributed by atoms with E-state index in [-0.39, 0.29) is 0 Å². The molecule has 0 rings (SSSR count). The summed E-state index contributed by atoms with van der Waals surface area (Å²) in [6, 6.07) is 0. The van der Waals surface area contributed by atoms with E-state index in [1.165, 1.54) is 0 Å². The standard InChI is InChI=1S/C13H22N2/c1-5-9-14(10-6-2)13-15(11-7-3)12-8-4/h5-8H,1-4,9-13H2. The second-order valence-corrected chi connectivity index (χ2v) is 3.37. The van der Waals surface area contributed by atoms with E-state index in [4.69, 9.17) is 0 Å². The monoisotopic (exact) mass is 206 g/mol. The average Bonchev–Trinajstić information content (AvgIpc) is 2.19. The molecule has 84 valence electrons. The molecule has 0 bridgehead atoms. The van der Waals surface area contributed by atoms with Crippen LogP contribution >= 0.6 is 0 Å². The van der Waals surface area contributed by atoms with Crippen LogP contribution < -0.4 is 0 Å². The molecular formula is C13H22N2. The minimum absolute atomic E-state index is 0.872. The van der Waals surface area contributed by atoms with Crippen molar-refractivity contribution in [1.82, 2.24) is 9.80 Å². The molecule has 0 aliphatic rings. The zero-order valence-corrected chi connectivity index (χ0v) is 9.57. The highest BCUT2D eigenvalue weighted by molar-refractivity contribution is 4.83. The Morgan fingerprint density at radius 3 is 1.07 bits per heavy atom. The fourth-order valence-electron chi connectivity index (χ4n) is 1.39. The second-order valence-electron chi connectivity index (χ2n) is 3.37. The first-order valence-electron chi connectivity index (χ1n) is 5.16. The van der Waals surface area contributed by atoms with E-state index in [1.807, 2.05) is 24.3 Å². The fourth-order valence-corrected chi connectivity index (χ4v) is 1.39. The number of rotatable bonds is 10. The predicted molar refractivity (Wildman–Crippen MR) is 68.8 cm³/mol. The van der Waals surface area contributed by atoms with Crippen molar-refractivity contribution in [1.29, 1.82) is 0 Å². The molecule has 0 radical (unpaired) electrons. The van der Waals surface area contributed by atoms with Gasteiger partial charge in [0.15, 0.2) is 0 Å². The van der Waals surface area contributed by atoms with Gasteiger partial charge in [-0.3, -0.25) is 9.80 Å². The highest BCUT2D eigenvalue weighted by atomic mass is 15.3. The van der Waals surface area contributed by atoms with E-state index < -0.39 is 0 Å². The van der Waals surface area contributed by atoms with Gasteiger partial charge in [-0.05, 0) is 0 Å². The highest BCUT2D eigenvalue weighted by Gasteiger charge is 2.06. The van der Waals surface area contributed by atoms with Crippen LogP contribution in [0.5, 0.6) is 0 Å². The lowest BCUT2D eigenvalue weighted by Gasteiger charge is -2.27. The van der Waals surface area contributed by atoms with Crippen molar-refractivity contribution in [3.05, 3.63) is 50.6 Å². The highest BCUT2D eigenvalue weighted by Crippen LogP contribution is 1.96. The molecule has 0 atom stereocenters. The summed E-state index contributed by atoms with van der Waals surface area (Å²) in [5.74, 6) is 0. The van der Waals surface area contributed by atoms with Crippen LogP contribution in [0.15, 0.2) is 50.6 Å². The van der Waals surface area contributed by atoms with Gasteiger partial charge in [-0.15, -0.1) is 26.3 Å². The largest absolute Gasteiger partial charge is 0.283 e. The van der Waals surface area contributed by atoms with Crippen molar-refractivity contribution < 1.29 is 0 Å². The molecule has 0 N–H and O–H groups in total. The third-order valence-electron chi connectivity index (χ3n) is 1.95. The topological polar surface area (TPSA) is 6.48 Å². The van der Waals surface area contributed by atoms with Crippen LogP contribution in [0.2, 0.25) is 0 Å². The zero-order chi connectivity index (χ0) is 11.5. The van der Waals surface area contributed by atoms with Gasteiger partial charge in [0.1, 0.15) is 0 Å². The van der Waals surface area contributed by atoms with Crippen LogP contribution in [0, 0.1) is 0 Å². The molecule has 15 heavy (non-hydrogen) atoms. The lowest BCUT2D eigenvalue weighted by Crippen LogP contribution is -2.38. The quantitative estimate of drug-likeness (QED) is 0.400. The predicted octanol–water partition coefficient (Wildman–Crippen LogP) is 2.29. The molecule has 0 aromatic heterocycles. The Morgan fingerprint density at radius 1 is 0.600 bits per heavy atom. The van der Waals surface area contributed by atoms with Crippen LogP contribution in [0.25, 0.3) is 0 Å². The molecule has 0 fully saturated rings. The minimum Gasteiger partial charge on any atom is -0.283 e. The van der Waals surface area contributed by atoms with Crippen molar-refractivity contribution in [3.63, 3.8) is 0 Å². The molecule has 2 nitrogen and oxygen atoms in total. The Kier molecular flexibility index (Phi) is 8.73. The molecule has 2 heteroatoms. The average molecular weight is 206 g/mol. The van der Waals surface area contributed by atoms with E-state index in [2.05, 4.69) is 36.1 Å². The molecular weight excluding hydrogens is 184 g/mol. The lowest BCUT2D eigenvalue weighted by molar-refractivity contribution is 0.179. The molecule has 0 aliphatic heterocycles. The van der Waals surface area contributed by atoms with Gasteiger partial charge >= 0.3 is 0 Å². The van der Waals surface area contributed by atoms with E-state index in [1.54, 1.807) is 0 Å². The smallest absolute Gasteiger partial charge is 0.0518 e. The summed E-state index contributed by atoms with van der Waals surface area (Å²) in [5.41, 5.74) is 0. The lowest BCUT2D eigenvalue weighted by atomic mass is 10.4. The van der Waals surface area contributed by atoms with Crippen molar-refractivity contribution in [2.45, 2.75) is 0 Å². The molecule has 0 aliphatic carbocycles. The first kappa shape index (κ1) is 13.9. The summed E-state index contributed by atoms with van der Waals surface area (Å²) in [6.45, 7) is 19.4. The maximum absolute atomic E-state index is 3.75. The Balaban J connectivity index is 4.15. The van der Waals surface area contributed by atoms with Crippen molar-refractivity contribution in [2.75, 3.05) is 32.8 Å². The maximum atomic E-state index is 3.75. The van der Waals surface area contributed by atoms with Crippen LogP contribution in [0.3, 0.4) is 0 Å². The molecule has 0 heterocycles. The Hall–Kier alpha value is -1.12. The van der Waals surface area contributed by atoms with Gasteiger partial charge in [-0.1, -0.05) is 24.3 Å². The summed E-state index contributed by atoms with van der Waals surface area (Å²) in [7, 11) is 0. The maximum Gasteiger partial charge on any atom is 0.0518 e. The summed E-state index contributed by atoms with van der Waals surface area (Å²) in [4.78, 5) is 4.51. The van der Waals surface area contributed by atoms with Gasteiger partial charge in [0.05, 0.1) is 6.67 Å². The van der Waals surface area contributed by atoms with Gasteiger partial charge in [-0.25, -0.2) is 0 Å². The molecule has 0 spiro atoms. The molecule has 0 saturated carbocycles. The summed E-state index contributed by atoms with van der Waals surface area (Å²) >= 11 is 0. The van der Waals surface area contributed by atoms with Crippen LogP contribution in [-0.2, 0) is 0 Å². The molecule has 0 saturated heterocycles. The van der Waals surface area contributed by atoms with E-state index in [0.717, 1.165) is 32.8 Å². The molecule has 0 amide bonds. The second kappa shape index (κ2) is 9.44. The van der Waals surface area contributed by atoms with Gasteiger partial charge in [0.25, 0.3) is 0 Å². The van der Waals surface area contributed by atoms with Crippen LogP contribution in [0.1, 0.15) is 0 Å². The summed E-state index contributed by atoms with van der Waals surface area (Å²) in [5, 5.41) is 0. The third-order valence-corrected chi connectivity index (χ3v) is 1.95. The minimum atomic E-state index is 0.872. The van der Waals surface area contributed by atoms with Crippen molar-refractivity contribution in [3.8, 4) is 0 Å². The summed E-state index contributed by atoms with van der Waals surface area (Å²) in [6.07, 6.45) is 7.62. The Morgan fingerprint density at radius 2 is 0.867 bits per heavy atom. The van der Waals surface area contributed by atoms with Crippen LogP contribution in [-0.4, -0.2) is 42.6 Å². The normalized spacial score (nSPS) is 10.3. The van der Waals surface area contributed by atoms with Gasteiger partial charge in [0, 0.05) is 26.2 Å². The fraction of sp³-hybridized carbons (Fsp3) is 0.385. The number of hydrogen-bond acceptors (Lipinski definition) is 2.